The number of hydrogen-bond donors (Lipinski definition) is 3. The molecule has 0 unspecified atom stereocenters. The first-order valence-corrected chi connectivity index (χ1v) is 9.89. The molecule has 2 aromatic carbocycles. The van der Waals surface area contributed by atoms with E-state index < -0.39 is 0 Å². The Morgan fingerprint density at radius 2 is 1.77 bits per heavy atom. The average molecular weight is 419 g/mol. The number of quaternary nitrogens is 2. The minimum Gasteiger partial charge on any atom is -0.504 e. The lowest BCUT2D eigenvalue weighted by molar-refractivity contribution is -1.02. The molecule has 5 heteroatoms. The highest BCUT2D eigenvalue weighted by Gasteiger charge is 2.24. The van der Waals surface area contributed by atoms with Crippen LogP contribution in [0.25, 0.3) is 6.08 Å². The Balaban J connectivity index is 1.50. The van der Waals surface area contributed by atoms with Crippen molar-refractivity contribution in [3.8, 4) is 11.5 Å². The second kappa shape index (κ2) is 9.21. The molecule has 26 heavy (non-hydrogen) atoms. The predicted molar refractivity (Wildman–Crippen MR) is 108 cm³/mol. The number of phenolic OH excluding ortho intramolecular Hbond substituents is 1. The van der Waals surface area contributed by atoms with Gasteiger partial charge in [0.1, 0.15) is 32.7 Å². The van der Waals surface area contributed by atoms with Crippen LogP contribution in [0.15, 0.2) is 53.0 Å². The van der Waals surface area contributed by atoms with Crippen LogP contribution in [0.5, 0.6) is 11.5 Å². The normalized spacial score (nSPS) is 20.4. The number of nitrogens with one attached hydrogen (secondary N) is 2. The summed E-state index contributed by atoms with van der Waals surface area (Å²) in [7, 11) is 1.59. The smallest absolute Gasteiger partial charge is 0.166 e. The summed E-state index contributed by atoms with van der Waals surface area (Å²) in [6.07, 6.45) is 4.48. The molecule has 0 bridgehead atoms. The maximum absolute atomic E-state index is 10.3. The molecule has 138 valence electrons. The van der Waals surface area contributed by atoms with E-state index in [-0.39, 0.29) is 5.75 Å². The molecule has 0 aromatic heterocycles. The first kappa shape index (κ1) is 19.0. The van der Waals surface area contributed by atoms with Gasteiger partial charge in [-0.05, 0) is 23.8 Å². The van der Waals surface area contributed by atoms with E-state index in [1.54, 1.807) is 18.1 Å². The molecule has 0 saturated carbocycles. The molecular weight excluding hydrogens is 392 g/mol. The third-order valence-corrected chi connectivity index (χ3v) is 5.42. The number of halogens is 1. The van der Waals surface area contributed by atoms with Gasteiger partial charge in [0, 0.05) is 4.47 Å². The largest absolute Gasteiger partial charge is 0.504 e. The van der Waals surface area contributed by atoms with Crippen LogP contribution in [0.1, 0.15) is 11.1 Å². The number of phenols is 1. The van der Waals surface area contributed by atoms with Crippen molar-refractivity contribution in [1.29, 1.82) is 0 Å². The van der Waals surface area contributed by atoms with Crippen LogP contribution >= 0.6 is 15.9 Å². The molecule has 0 spiro atoms. The zero-order valence-corrected chi connectivity index (χ0v) is 16.8. The van der Waals surface area contributed by atoms with Gasteiger partial charge in [-0.25, -0.2) is 0 Å². The van der Waals surface area contributed by atoms with Crippen molar-refractivity contribution in [1.82, 2.24) is 0 Å². The van der Waals surface area contributed by atoms with Gasteiger partial charge in [-0.15, -0.1) is 0 Å². The lowest BCUT2D eigenvalue weighted by Gasteiger charge is -2.29. The zero-order valence-electron chi connectivity index (χ0n) is 15.2. The number of benzene rings is 2. The maximum Gasteiger partial charge on any atom is 0.166 e. The Hall–Kier alpha value is -1.82. The van der Waals surface area contributed by atoms with Gasteiger partial charge in [0.2, 0.25) is 0 Å². The van der Waals surface area contributed by atoms with Gasteiger partial charge in [0.05, 0.1) is 19.2 Å². The minimum absolute atomic E-state index is 0.267. The Kier molecular flexibility index (Phi) is 6.72. The van der Waals surface area contributed by atoms with Gasteiger partial charge in [-0.1, -0.05) is 52.3 Å². The van der Waals surface area contributed by atoms with Gasteiger partial charge in [-0.2, -0.15) is 0 Å². The van der Waals surface area contributed by atoms with Crippen LogP contribution in [-0.4, -0.2) is 44.9 Å². The fourth-order valence-electron chi connectivity index (χ4n) is 3.45. The second-order valence-corrected chi connectivity index (χ2v) is 7.73. The molecule has 0 aliphatic carbocycles. The van der Waals surface area contributed by atoms with E-state index in [4.69, 9.17) is 4.74 Å². The molecule has 1 aliphatic rings. The third-order valence-electron chi connectivity index (χ3n) is 4.96. The summed E-state index contributed by atoms with van der Waals surface area (Å²) in [6.45, 7) is 6.43. The van der Waals surface area contributed by atoms with E-state index in [1.165, 1.54) is 10.5 Å². The molecule has 0 atom stereocenters. The molecule has 4 nitrogen and oxygen atoms in total. The number of ether oxygens (including phenoxy) is 1. The highest BCUT2D eigenvalue weighted by molar-refractivity contribution is 9.10. The summed E-state index contributed by atoms with van der Waals surface area (Å²) >= 11 is 3.50. The Morgan fingerprint density at radius 3 is 2.46 bits per heavy atom. The van der Waals surface area contributed by atoms with Crippen molar-refractivity contribution in [2.45, 2.75) is 6.54 Å². The highest BCUT2D eigenvalue weighted by atomic mass is 79.9. The van der Waals surface area contributed by atoms with E-state index in [0.717, 1.165) is 49.3 Å². The van der Waals surface area contributed by atoms with Crippen molar-refractivity contribution in [3.63, 3.8) is 0 Å². The van der Waals surface area contributed by atoms with E-state index in [2.05, 4.69) is 52.3 Å². The summed E-state index contributed by atoms with van der Waals surface area (Å²) in [5.74, 6) is 0.799. The van der Waals surface area contributed by atoms with Crippen molar-refractivity contribution in [2.24, 2.45) is 0 Å². The molecule has 1 fully saturated rings. The molecule has 2 aromatic rings. The molecular formula is C21H27BrN2O2+2. The number of rotatable bonds is 6. The molecule has 1 aliphatic heterocycles. The molecule has 3 N–H and O–H groups in total. The minimum atomic E-state index is 0.267. The standard InChI is InChI=1S/C21H25BrN2O2/c1-26-20-15-19(22)14-18(21(20)25)16-24-12-10-23(11-13-24)9-5-8-17-6-3-2-4-7-17/h2-8,14-15,25H,9-13,16H2,1H3/p+2/b8-5+. The van der Waals surface area contributed by atoms with E-state index in [1.807, 2.05) is 12.1 Å². The zero-order chi connectivity index (χ0) is 18.4. The van der Waals surface area contributed by atoms with E-state index in [0.29, 0.717) is 5.75 Å². The quantitative estimate of drug-likeness (QED) is 0.658. The van der Waals surface area contributed by atoms with Crippen LogP contribution in [0.2, 0.25) is 0 Å². The molecule has 0 radical (unpaired) electrons. The molecule has 1 saturated heterocycles. The van der Waals surface area contributed by atoms with Crippen molar-refractivity contribution in [3.05, 3.63) is 64.1 Å². The fourth-order valence-corrected chi connectivity index (χ4v) is 3.94. The monoisotopic (exact) mass is 418 g/mol. The maximum atomic E-state index is 10.3. The predicted octanol–water partition coefficient (Wildman–Crippen LogP) is 1.16. The highest BCUT2D eigenvalue weighted by Crippen LogP contribution is 2.33. The van der Waals surface area contributed by atoms with Gasteiger partial charge >= 0.3 is 0 Å². The Labute approximate surface area is 163 Å². The van der Waals surface area contributed by atoms with Crippen LogP contribution in [0.4, 0.5) is 0 Å². The third kappa shape index (κ3) is 5.10. The second-order valence-electron chi connectivity index (χ2n) is 6.81. The van der Waals surface area contributed by atoms with E-state index in [9.17, 15) is 5.11 Å². The average Bonchev–Trinajstić information content (AvgIpc) is 2.66. The summed E-state index contributed by atoms with van der Waals surface area (Å²) in [5.41, 5.74) is 2.20. The lowest BCUT2D eigenvalue weighted by Crippen LogP contribution is -3.27. The summed E-state index contributed by atoms with van der Waals surface area (Å²) in [4.78, 5) is 3.13. The van der Waals surface area contributed by atoms with Crippen LogP contribution in [-0.2, 0) is 6.54 Å². The van der Waals surface area contributed by atoms with Crippen LogP contribution < -0.4 is 14.5 Å². The summed E-state index contributed by atoms with van der Waals surface area (Å²) in [5, 5.41) is 10.3. The van der Waals surface area contributed by atoms with Gasteiger partial charge in [0.25, 0.3) is 0 Å². The first-order chi connectivity index (χ1) is 12.7. The first-order valence-electron chi connectivity index (χ1n) is 9.10. The number of piperazine rings is 1. The van der Waals surface area contributed by atoms with Gasteiger partial charge in [0.15, 0.2) is 11.5 Å². The Morgan fingerprint density at radius 1 is 1.08 bits per heavy atom. The van der Waals surface area contributed by atoms with Crippen molar-refractivity contribution in [2.75, 3.05) is 39.8 Å². The SMILES string of the molecule is COc1cc(Br)cc(C[NH+]2CC[NH+](C/C=C/c3ccccc3)CC2)c1O. The summed E-state index contributed by atoms with van der Waals surface area (Å²) < 4.78 is 6.19. The number of methoxy groups -OCH3 is 1. The lowest BCUT2D eigenvalue weighted by atomic mass is 10.1. The number of aromatic hydroxyl groups is 1. The molecule has 0 amide bonds. The molecule has 3 rings (SSSR count). The fraction of sp³-hybridized carbons (Fsp3) is 0.333. The van der Waals surface area contributed by atoms with Crippen molar-refractivity contribution >= 4 is 22.0 Å². The van der Waals surface area contributed by atoms with Crippen LogP contribution in [0.3, 0.4) is 0 Å². The van der Waals surface area contributed by atoms with Crippen LogP contribution in [0, 0.1) is 0 Å². The van der Waals surface area contributed by atoms with Gasteiger partial charge < -0.3 is 19.6 Å². The molecule has 1 heterocycles. The number of hydrogen-bond acceptors (Lipinski definition) is 2. The van der Waals surface area contributed by atoms with Crippen molar-refractivity contribution < 1.29 is 19.6 Å². The van der Waals surface area contributed by atoms with E-state index >= 15 is 0 Å². The summed E-state index contributed by atoms with van der Waals surface area (Å²) in [6, 6.07) is 14.2. The Bertz CT molecular complexity index is 741. The van der Waals surface area contributed by atoms with Gasteiger partial charge in [-0.3, -0.25) is 0 Å². The topological polar surface area (TPSA) is 38.3 Å².